The van der Waals surface area contributed by atoms with Crippen molar-refractivity contribution in [2.75, 3.05) is 7.05 Å². The van der Waals surface area contributed by atoms with Gasteiger partial charge in [-0.3, -0.25) is 15.0 Å². The largest absolute Gasteiger partial charge is 0.298 e. The molecule has 1 unspecified atom stereocenters. The molecule has 96 valence electrons. The normalized spacial score (nSPS) is 12.2. The predicted octanol–water partition coefficient (Wildman–Crippen LogP) is 2.98. The first-order chi connectivity index (χ1) is 8.45. The highest BCUT2D eigenvalue weighted by Gasteiger charge is 2.17. The van der Waals surface area contributed by atoms with E-state index in [1.54, 1.807) is 6.07 Å². The monoisotopic (exact) mass is 267 g/mol. The van der Waals surface area contributed by atoms with Crippen LogP contribution in [0.25, 0.3) is 0 Å². The van der Waals surface area contributed by atoms with E-state index in [-0.39, 0.29) is 11.7 Å². The number of hydrogen-bond donors (Lipinski definition) is 0. The summed E-state index contributed by atoms with van der Waals surface area (Å²) in [6.07, 6.45) is 0.380. The van der Waals surface area contributed by atoms with Gasteiger partial charge in [-0.15, -0.1) is 0 Å². The van der Waals surface area contributed by atoms with Gasteiger partial charge in [0.05, 0.1) is 17.4 Å². The molecule has 0 radical (unpaired) electrons. The molecule has 1 aromatic rings. The maximum atomic E-state index is 10.9. The second kappa shape index (κ2) is 6.34. The van der Waals surface area contributed by atoms with Crippen LogP contribution < -0.4 is 0 Å². The molecular weight excluding hydrogens is 254 g/mol. The second-order valence-electron chi connectivity index (χ2n) is 4.16. The van der Waals surface area contributed by atoms with Crippen LogP contribution in [-0.2, 0) is 6.54 Å². The number of halogens is 1. The van der Waals surface area contributed by atoms with Crippen molar-refractivity contribution in [1.82, 2.24) is 4.90 Å². The maximum Gasteiger partial charge on any atom is 0.273 e. The first-order valence-corrected chi connectivity index (χ1v) is 5.83. The van der Waals surface area contributed by atoms with Crippen LogP contribution in [0.15, 0.2) is 18.2 Å². The van der Waals surface area contributed by atoms with E-state index in [0.29, 0.717) is 23.6 Å². The third kappa shape index (κ3) is 3.69. The summed E-state index contributed by atoms with van der Waals surface area (Å²) < 4.78 is 0. The predicted molar refractivity (Wildman–Crippen MR) is 69.3 cm³/mol. The van der Waals surface area contributed by atoms with Crippen LogP contribution in [0.1, 0.15) is 18.9 Å². The fourth-order valence-corrected chi connectivity index (χ4v) is 1.77. The van der Waals surface area contributed by atoms with E-state index in [4.69, 9.17) is 16.9 Å². The van der Waals surface area contributed by atoms with Crippen LogP contribution in [-0.4, -0.2) is 22.9 Å². The van der Waals surface area contributed by atoms with Gasteiger partial charge in [0.15, 0.2) is 0 Å². The van der Waals surface area contributed by atoms with Crippen molar-refractivity contribution < 1.29 is 4.92 Å². The molecule has 0 aliphatic carbocycles. The summed E-state index contributed by atoms with van der Waals surface area (Å²) in [4.78, 5) is 12.4. The molecule has 0 saturated heterocycles. The molecule has 1 aromatic carbocycles. The molecule has 0 aliphatic rings. The van der Waals surface area contributed by atoms with Crippen LogP contribution in [0.4, 0.5) is 5.69 Å². The van der Waals surface area contributed by atoms with Crippen molar-refractivity contribution in [3.63, 3.8) is 0 Å². The molecule has 0 bridgehead atoms. The summed E-state index contributed by atoms with van der Waals surface area (Å²) in [7, 11) is 1.83. The van der Waals surface area contributed by atoms with Gasteiger partial charge in [0.1, 0.15) is 0 Å². The zero-order valence-electron chi connectivity index (χ0n) is 10.3. The lowest BCUT2D eigenvalue weighted by molar-refractivity contribution is -0.385. The smallest absolute Gasteiger partial charge is 0.273 e. The Morgan fingerprint density at radius 2 is 2.28 bits per heavy atom. The van der Waals surface area contributed by atoms with E-state index in [2.05, 4.69) is 6.07 Å². The van der Waals surface area contributed by atoms with Crippen LogP contribution >= 0.6 is 11.6 Å². The Balaban J connectivity index is 2.93. The number of rotatable bonds is 5. The lowest BCUT2D eigenvalue weighted by Crippen LogP contribution is -2.28. The van der Waals surface area contributed by atoms with E-state index < -0.39 is 4.92 Å². The molecule has 18 heavy (non-hydrogen) atoms. The van der Waals surface area contributed by atoms with Gasteiger partial charge in [-0.2, -0.15) is 5.26 Å². The molecule has 0 aliphatic heterocycles. The van der Waals surface area contributed by atoms with Gasteiger partial charge in [0, 0.05) is 29.2 Å². The summed E-state index contributed by atoms with van der Waals surface area (Å²) in [6, 6.07) is 6.61. The van der Waals surface area contributed by atoms with Gasteiger partial charge >= 0.3 is 0 Å². The Kier molecular flexibility index (Phi) is 5.08. The van der Waals surface area contributed by atoms with E-state index in [9.17, 15) is 10.1 Å². The van der Waals surface area contributed by atoms with E-state index in [0.717, 1.165) is 0 Å². The van der Waals surface area contributed by atoms with Gasteiger partial charge < -0.3 is 0 Å². The van der Waals surface area contributed by atoms with Gasteiger partial charge in [-0.25, -0.2) is 0 Å². The lowest BCUT2D eigenvalue weighted by atomic mass is 10.1. The van der Waals surface area contributed by atoms with Crippen molar-refractivity contribution in [3.8, 4) is 6.07 Å². The summed E-state index contributed by atoms with van der Waals surface area (Å²) >= 11 is 5.85. The summed E-state index contributed by atoms with van der Waals surface area (Å²) in [5.74, 6) is 0. The summed E-state index contributed by atoms with van der Waals surface area (Å²) in [5.41, 5.74) is 0.607. The molecule has 5 nitrogen and oxygen atoms in total. The molecule has 6 heteroatoms. The molecule has 0 N–H and O–H groups in total. The number of benzene rings is 1. The Morgan fingerprint density at radius 1 is 1.61 bits per heavy atom. The van der Waals surface area contributed by atoms with Gasteiger partial charge in [-0.1, -0.05) is 11.6 Å². The van der Waals surface area contributed by atoms with Gasteiger partial charge in [0.25, 0.3) is 5.69 Å². The van der Waals surface area contributed by atoms with Crippen molar-refractivity contribution >= 4 is 17.3 Å². The van der Waals surface area contributed by atoms with Gasteiger partial charge in [0.2, 0.25) is 0 Å². The number of nitro benzene ring substituents is 1. The Hall–Kier alpha value is -1.64. The molecule has 1 atom stereocenters. The summed E-state index contributed by atoms with van der Waals surface area (Å²) in [5, 5.41) is 20.0. The maximum absolute atomic E-state index is 10.9. The van der Waals surface area contributed by atoms with E-state index in [1.807, 2.05) is 18.9 Å². The molecule has 0 aromatic heterocycles. The minimum absolute atomic E-state index is 0.0357. The Labute approximate surface area is 111 Å². The van der Waals surface area contributed by atoms with Crippen LogP contribution in [0.5, 0.6) is 0 Å². The van der Waals surface area contributed by atoms with Crippen molar-refractivity contribution in [2.45, 2.75) is 25.9 Å². The van der Waals surface area contributed by atoms with Crippen LogP contribution in [0, 0.1) is 21.4 Å². The van der Waals surface area contributed by atoms with Crippen molar-refractivity contribution in [3.05, 3.63) is 38.9 Å². The number of nitrogens with zero attached hydrogens (tertiary/aromatic N) is 3. The minimum Gasteiger partial charge on any atom is -0.298 e. The van der Waals surface area contributed by atoms with Gasteiger partial charge in [-0.05, 0) is 26.1 Å². The lowest BCUT2D eigenvalue weighted by Gasteiger charge is -2.22. The molecule has 0 fully saturated rings. The highest BCUT2D eigenvalue weighted by atomic mass is 35.5. The van der Waals surface area contributed by atoms with Crippen LogP contribution in [0.3, 0.4) is 0 Å². The topological polar surface area (TPSA) is 70.2 Å². The summed E-state index contributed by atoms with van der Waals surface area (Å²) in [6.45, 7) is 2.29. The zero-order valence-corrected chi connectivity index (χ0v) is 11.0. The van der Waals surface area contributed by atoms with Crippen molar-refractivity contribution in [2.24, 2.45) is 0 Å². The number of nitro groups is 1. The van der Waals surface area contributed by atoms with E-state index in [1.165, 1.54) is 12.1 Å². The second-order valence-corrected chi connectivity index (χ2v) is 4.59. The highest BCUT2D eigenvalue weighted by Crippen LogP contribution is 2.24. The quantitative estimate of drug-likeness (QED) is 0.607. The van der Waals surface area contributed by atoms with Crippen molar-refractivity contribution in [1.29, 1.82) is 5.26 Å². The first-order valence-electron chi connectivity index (χ1n) is 5.45. The fourth-order valence-electron chi connectivity index (χ4n) is 1.57. The van der Waals surface area contributed by atoms with Crippen LogP contribution in [0.2, 0.25) is 5.02 Å². The zero-order chi connectivity index (χ0) is 13.7. The number of hydrogen-bond acceptors (Lipinski definition) is 4. The number of nitriles is 1. The first kappa shape index (κ1) is 14.4. The Morgan fingerprint density at radius 3 is 2.83 bits per heavy atom. The molecule has 0 amide bonds. The molecule has 0 saturated carbocycles. The molecular formula is C12H14ClN3O2. The average molecular weight is 268 g/mol. The SMILES string of the molecule is CC(CC#N)N(C)Cc1cc(Cl)ccc1[N+](=O)[O-]. The Bertz CT molecular complexity index is 485. The average Bonchev–Trinajstić information content (AvgIpc) is 2.28. The third-order valence-electron chi connectivity index (χ3n) is 2.80. The third-order valence-corrected chi connectivity index (χ3v) is 3.03. The standard InChI is InChI=1S/C12H14ClN3O2/c1-9(5-6-14)15(2)8-10-7-11(13)3-4-12(10)16(17)18/h3-4,7,9H,5,8H2,1-2H3. The molecule has 0 heterocycles. The van der Waals surface area contributed by atoms with E-state index >= 15 is 0 Å². The minimum atomic E-state index is -0.422. The fraction of sp³-hybridized carbons (Fsp3) is 0.417. The highest BCUT2D eigenvalue weighted by molar-refractivity contribution is 6.30. The molecule has 1 rings (SSSR count). The molecule has 0 spiro atoms.